The Morgan fingerprint density at radius 3 is 2.30 bits per heavy atom. The number of methoxy groups -OCH3 is 1. The summed E-state index contributed by atoms with van der Waals surface area (Å²) in [6, 6.07) is 16.1. The molecule has 0 spiro atoms. The molecule has 0 saturated carbocycles. The van der Waals surface area contributed by atoms with Gasteiger partial charge in [0.2, 0.25) is 10.0 Å². The lowest BCUT2D eigenvalue weighted by Crippen LogP contribution is -2.38. The van der Waals surface area contributed by atoms with E-state index in [-0.39, 0.29) is 6.04 Å². The van der Waals surface area contributed by atoms with Gasteiger partial charge in [-0.2, -0.15) is 4.31 Å². The van der Waals surface area contributed by atoms with Crippen molar-refractivity contribution in [3.8, 4) is 0 Å². The predicted molar refractivity (Wildman–Crippen MR) is 108 cm³/mol. The molecular formula is C22H27NO3S. The highest BCUT2D eigenvalue weighted by Gasteiger charge is 2.44. The van der Waals surface area contributed by atoms with Gasteiger partial charge < -0.3 is 4.74 Å². The van der Waals surface area contributed by atoms with Gasteiger partial charge in [-0.05, 0) is 37.1 Å². The van der Waals surface area contributed by atoms with Crippen LogP contribution in [0.15, 0.2) is 71.3 Å². The van der Waals surface area contributed by atoms with E-state index in [2.05, 4.69) is 6.92 Å². The van der Waals surface area contributed by atoms with Gasteiger partial charge in [-0.3, -0.25) is 0 Å². The molecule has 1 heterocycles. The monoisotopic (exact) mass is 385 g/mol. The van der Waals surface area contributed by atoms with E-state index in [1.54, 1.807) is 23.5 Å². The zero-order valence-electron chi connectivity index (χ0n) is 16.1. The molecule has 0 unspecified atom stereocenters. The van der Waals surface area contributed by atoms with Crippen LogP contribution in [0, 0.1) is 6.92 Å². The van der Waals surface area contributed by atoms with Crippen LogP contribution < -0.4 is 0 Å². The zero-order chi connectivity index (χ0) is 19.4. The first-order valence-electron chi connectivity index (χ1n) is 9.40. The minimum Gasteiger partial charge on any atom is -0.499 e. The Morgan fingerprint density at radius 1 is 1.04 bits per heavy atom. The molecule has 0 radical (unpaired) electrons. The first-order chi connectivity index (χ1) is 13.0. The molecular weight excluding hydrogens is 358 g/mol. The smallest absolute Gasteiger partial charge is 0.244 e. The topological polar surface area (TPSA) is 46.6 Å². The fourth-order valence-electron chi connectivity index (χ4n) is 3.57. The Labute approximate surface area is 162 Å². The molecule has 3 rings (SSSR count). The van der Waals surface area contributed by atoms with Crippen LogP contribution in [0.5, 0.6) is 0 Å². The van der Waals surface area contributed by atoms with Crippen LogP contribution in [0.4, 0.5) is 0 Å². The summed E-state index contributed by atoms with van der Waals surface area (Å²) in [6.07, 6.45) is 4.72. The highest BCUT2D eigenvalue weighted by atomic mass is 32.2. The van der Waals surface area contributed by atoms with Crippen LogP contribution >= 0.6 is 0 Å². The van der Waals surface area contributed by atoms with E-state index in [1.807, 2.05) is 55.5 Å². The average molecular weight is 386 g/mol. The molecule has 144 valence electrons. The average Bonchev–Trinajstić information content (AvgIpc) is 3.07. The van der Waals surface area contributed by atoms with Crippen molar-refractivity contribution in [2.45, 2.75) is 50.1 Å². The third-order valence-corrected chi connectivity index (χ3v) is 6.91. The van der Waals surface area contributed by atoms with Gasteiger partial charge in [-0.25, -0.2) is 8.42 Å². The van der Waals surface area contributed by atoms with Crippen molar-refractivity contribution < 1.29 is 13.2 Å². The maximum atomic E-state index is 13.6. The molecule has 1 aliphatic heterocycles. The first kappa shape index (κ1) is 19.6. The molecule has 0 fully saturated rings. The van der Waals surface area contributed by atoms with Crippen molar-refractivity contribution in [1.29, 1.82) is 0 Å². The molecule has 5 heteroatoms. The second-order valence-corrected chi connectivity index (χ2v) is 8.79. The molecule has 2 atom stereocenters. The van der Waals surface area contributed by atoms with E-state index in [9.17, 15) is 8.42 Å². The van der Waals surface area contributed by atoms with Crippen LogP contribution in [0.1, 0.15) is 43.4 Å². The van der Waals surface area contributed by atoms with Crippen LogP contribution in [-0.2, 0) is 14.8 Å². The van der Waals surface area contributed by atoms with Crippen LogP contribution in [0.2, 0.25) is 0 Å². The van der Waals surface area contributed by atoms with E-state index in [1.165, 1.54) is 0 Å². The number of unbranched alkanes of at least 4 members (excludes halogenated alkanes) is 1. The van der Waals surface area contributed by atoms with Gasteiger partial charge in [0.05, 0.1) is 12.0 Å². The van der Waals surface area contributed by atoms with E-state index >= 15 is 0 Å². The second-order valence-electron chi connectivity index (χ2n) is 6.94. The molecule has 0 N–H and O–H groups in total. The zero-order valence-corrected chi connectivity index (χ0v) is 16.9. The minimum absolute atomic E-state index is 0.212. The number of sulfonamides is 1. The lowest BCUT2D eigenvalue weighted by atomic mass is 10.1. The molecule has 27 heavy (non-hydrogen) atoms. The summed E-state index contributed by atoms with van der Waals surface area (Å²) < 4.78 is 34.5. The van der Waals surface area contributed by atoms with E-state index < -0.39 is 16.1 Å². The lowest BCUT2D eigenvalue weighted by Gasteiger charge is -2.30. The van der Waals surface area contributed by atoms with Crippen molar-refractivity contribution in [2.24, 2.45) is 0 Å². The lowest BCUT2D eigenvalue weighted by molar-refractivity contribution is 0.225. The summed E-state index contributed by atoms with van der Waals surface area (Å²) in [5, 5.41) is 0. The number of rotatable bonds is 7. The van der Waals surface area contributed by atoms with Gasteiger partial charge in [0.25, 0.3) is 0 Å². The summed E-state index contributed by atoms with van der Waals surface area (Å²) in [4.78, 5) is 0.321. The molecule has 0 aliphatic carbocycles. The summed E-state index contributed by atoms with van der Waals surface area (Å²) in [5.74, 6) is 0.693. The van der Waals surface area contributed by atoms with Crippen molar-refractivity contribution in [3.05, 3.63) is 77.6 Å². The Balaban J connectivity index is 2.09. The highest BCUT2D eigenvalue weighted by Crippen LogP contribution is 2.42. The fraction of sp³-hybridized carbons (Fsp3) is 0.364. The van der Waals surface area contributed by atoms with Crippen molar-refractivity contribution >= 4 is 10.0 Å². The molecule has 4 nitrogen and oxygen atoms in total. The molecule has 0 bridgehead atoms. The van der Waals surface area contributed by atoms with Gasteiger partial charge in [-0.15, -0.1) is 0 Å². The molecule has 0 aromatic heterocycles. The van der Waals surface area contributed by atoms with Gasteiger partial charge >= 0.3 is 0 Å². The number of benzene rings is 2. The van der Waals surface area contributed by atoms with Crippen molar-refractivity contribution in [1.82, 2.24) is 4.31 Å². The first-order valence-corrected chi connectivity index (χ1v) is 10.8. The number of nitrogens with zero attached hydrogens (tertiary/aromatic N) is 1. The Morgan fingerprint density at radius 2 is 1.70 bits per heavy atom. The SMILES string of the molecule is CCCC[C@@H]1C=C(OC)[C@@H](c2ccccc2)N1S(=O)(=O)c1ccc(C)cc1. The molecule has 1 aliphatic rings. The standard InChI is InChI=1S/C22H27NO3S/c1-4-5-11-19-16-21(26-3)22(18-9-7-6-8-10-18)23(19)27(24,25)20-14-12-17(2)13-15-20/h6-10,12-16,19,22H,4-5,11H2,1-3H3/t19-,22-/m1/s1. The van der Waals surface area contributed by atoms with Crippen molar-refractivity contribution in [2.75, 3.05) is 7.11 Å². The Bertz CT molecular complexity index is 889. The van der Waals surface area contributed by atoms with Gasteiger partial charge in [0.1, 0.15) is 11.8 Å². The maximum Gasteiger partial charge on any atom is 0.244 e. The van der Waals surface area contributed by atoms with Crippen LogP contribution in [0.3, 0.4) is 0 Å². The third kappa shape index (κ3) is 3.94. The highest BCUT2D eigenvalue weighted by molar-refractivity contribution is 7.89. The van der Waals surface area contributed by atoms with Gasteiger partial charge in [0, 0.05) is 6.04 Å². The molecule has 2 aromatic rings. The largest absolute Gasteiger partial charge is 0.499 e. The predicted octanol–water partition coefficient (Wildman–Crippen LogP) is 4.83. The Hall–Kier alpha value is -2.11. The van der Waals surface area contributed by atoms with Gasteiger partial charge in [-0.1, -0.05) is 67.8 Å². The second kappa shape index (κ2) is 8.28. The molecule has 0 amide bonds. The Kier molecular flexibility index (Phi) is 6.02. The normalized spacial score (nSPS) is 20.5. The summed E-state index contributed by atoms with van der Waals surface area (Å²) >= 11 is 0. The van der Waals surface area contributed by atoms with Crippen LogP contribution in [-0.4, -0.2) is 25.9 Å². The van der Waals surface area contributed by atoms with Crippen molar-refractivity contribution in [3.63, 3.8) is 0 Å². The summed E-state index contributed by atoms with van der Waals surface area (Å²) in [5.41, 5.74) is 1.95. The quantitative estimate of drug-likeness (QED) is 0.686. The number of hydrogen-bond donors (Lipinski definition) is 0. The van der Waals surface area contributed by atoms with E-state index in [0.29, 0.717) is 10.7 Å². The van der Waals surface area contributed by atoms with Gasteiger partial charge in [0.15, 0.2) is 0 Å². The number of hydrogen-bond acceptors (Lipinski definition) is 3. The molecule has 0 saturated heterocycles. The fourth-order valence-corrected chi connectivity index (χ4v) is 5.32. The van der Waals surface area contributed by atoms with E-state index in [4.69, 9.17) is 4.74 Å². The summed E-state index contributed by atoms with van der Waals surface area (Å²) in [6.45, 7) is 4.07. The summed E-state index contributed by atoms with van der Waals surface area (Å²) in [7, 11) is -2.06. The van der Waals surface area contributed by atoms with Crippen LogP contribution in [0.25, 0.3) is 0 Å². The minimum atomic E-state index is -3.67. The number of aryl methyl sites for hydroxylation is 1. The molecule has 2 aromatic carbocycles. The number of ether oxygens (including phenoxy) is 1. The third-order valence-electron chi connectivity index (χ3n) is 5.01. The maximum absolute atomic E-state index is 13.6. The van der Waals surface area contributed by atoms with E-state index in [0.717, 1.165) is 30.4 Å².